The summed E-state index contributed by atoms with van der Waals surface area (Å²) in [5, 5.41) is 9.52. The van der Waals surface area contributed by atoms with Crippen LogP contribution in [0.5, 0.6) is 0 Å². The van der Waals surface area contributed by atoms with Gasteiger partial charge in [0.2, 0.25) is 10.0 Å². The molecule has 1 aliphatic rings. The van der Waals surface area contributed by atoms with Crippen LogP contribution in [0.15, 0.2) is 66.0 Å². The van der Waals surface area contributed by atoms with Gasteiger partial charge in [0, 0.05) is 50.0 Å². The van der Waals surface area contributed by atoms with Crippen molar-refractivity contribution in [2.24, 2.45) is 13.0 Å². The predicted molar refractivity (Wildman–Crippen MR) is 134 cm³/mol. The number of hydrogen-bond donors (Lipinski definition) is 0. The Bertz CT molecular complexity index is 1440. The average molecular weight is 497 g/mol. The van der Waals surface area contributed by atoms with E-state index in [2.05, 4.69) is 35.0 Å². The lowest BCUT2D eigenvalue weighted by molar-refractivity contribution is 0.256. The summed E-state index contributed by atoms with van der Waals surface area (Å²) < 4.78 is 45.1. The Balaban J connectivity index is 1.41. The van der Waals surface area contributed by atoms with Crippen LogP contribution in [0.2, 0.25) is 0 Å². The molecule has 1 fully saturated rings. The number of halogens is 1. The minimum absolute atomic E-state index is 0.147. The zero-order chi connectivity index (χ0) is 24.7. The van der Waals surface area contributed by atoms with Crippen molar-refractivity contribution < 1.29 is 12.8 Å². The van der Waals surface area contributed by atoms with Crippen LogP contribution in [0.25, 0.3) is 16.6 Å². The number of sulfonamides is 1. The fourth-order valence-electron chi connectivity index (χ4n) is 4.80. The summed E-state index contributed by atoms with van der Waals surface area (Å²) in [6.45, 7) is 5.83. The number of fused-ring (bicyclic) bond motifs is 1. The van der Waals surface area contributed by atoms with Crippen LogP contribution in [0, 0.1) is 11.7 Å². The molecular weight excluding hydrogens is 467 g/mol. The monoisotopic (exact) mass is 496 g/mol. The number of rotatable bonds is 6. The van der Waals surface area contributed by atoms with Crippen molar-refractivity contribution in [1.29, 1.82) is 0 Å². The second-order valence-corrected chi connectivity index (χ2v) is 11.4. The molecule has 3 heterocycles. The predicted octanol–water partition coefficient (Wildman–Crippen LogP) is 3.82. The van der Waals surface area contributed by atoms with Crippen molar-refractivity contribution in [3.8, 4) is 5.69 Å². The second kappa shape index (κ2) is 9.09. The van der Waals surface area contributed by atoms with Gasteiger partial charge in [0.25, 0.3) is 0 Å². The molecule has 0 saturated carbocycles. The van der Waals surface area contributed by atoms with Gasteiger partial charge >= 0.3 is 0 Å². The van der Waals surface area contributed by atoms with Gasteiger partial charge in [-0.3, -0.25) is 4.68 Å². The van der Waals surface area contributed by atoms with Gasteiger partial charge in [-0.15, -0.1) is 0 Å². The highest BCUT2D eigenvalue weighted by Crippen LogP contribution is 2.30. The van der Waals surface area contributed by atoms with E-state index in [4.69, 9.17) is 0 Å². The largest absolute Gasteiger partial charge is 0.369 e. The molecule has 1 atom stereocenters. The Morgan fingerprint density at radius 3 is 2.46 bits per heavy atom. The molecule has 10 heteroatoms. The molecule has 0 spiro atoms. The second-order valence-electron chi connectivity index (χ2n) is 9.47. The lowest BCUT2D eigenvalue weighted by atomic mass is 10.0. The van der Waals surface area contributed by atoms with Crippen LogP contribution in [0.3, 0.4) is 0 Å². The summed E-state index contributed by atoms with van der Waals surface area (Å²) >= 11 is 0. The van der Waals surface area contributed by atoms with E-state index in [-0.39, 0.29) is 16.8 Å². The highest BCUT2D eigenvalue weighted by atomic mass is 32.2. The number of piperazine rings is 1. The molecular formula is C25H29FN6O2S. The van der Waals surface area contributed by atoms with Crippen molar-refractivity contribution in [3.63, 3.8) is 0 Å². The number of benzene rings is 2. The summed E-state index contributed by atoms with van der Waals surface area (Å²) in [5.74, 6) is 0.0658. The number of anilines is 1. The summed E-state index contributed by atoms with van der Waals surface area (Å²) in [7, 11) is -1.90. The molecule has 2 aromatic heterocycles. The molecule has 0 radical (unpaired) electrons. The third-order valence-electron chi connectivity index (χ3n) is 6.45. The third kappa shape index (κ3) is 4.55. The van der Waals surface area contributed by atoms with Crippen LogP contribution in [-0.4, -0.2) is 58.0 Å². The first-order valence-electron chi connectivity index (χ1n) is 11.7. The molecule has 2 aromatic carbocycles. The lowest BCUT2D eigenvalue weighted by Gasteiger charge is -2.42. The van der Waals surface area contributed by atoms with E-state index in [1.165, 1.54) is 23.0 Å². The Kier molecular flexibility index (Phi) is 6.10. The highest BCUT2D eigenvalue weighted by molar-refractivity contribution is 7.89. The van der Waals surface area contributed by atoms with Crippen molar-refractivity contribution in [2.45, 2.75) is 31.2 Å². The quantitative estimate of drug-likeness (QED) is 0.406. The molecule has 0 unspecified atom stereocenters. The molecule has 0 aliphatic carbocycles. The first-order chi connectivity index (χ1) is 16.7. The van der Waals surface area contributed by atoms with E-state index in [1.807, 2.05) is 12.1 Å². The van der Waals surface area contributed by atoms with Gasteiger partial charge in [0.1, 0.15) is 10.7 Å². The topological polar surface area (TPSA) is 76.3 Å². The van der Waals surface area contributed by atoms with Crippen LogP contribution in [0.1, 0.15) is 20.3 Å². The standard InChI is InChI=1S/C25H29FN6O2S/c1-18(2)12-23-16-30(10-11-31(23)35(33,34)24-15-27-29(3)17-24)22-8-9-25-19(13-22)14-28-32(25)21-6-4-20(26)5-7-21/h4-9,13-15,17-18,23H,10-12,16H2,1-3H3/t23-/m1/s1. The maximum atomic E-state index is 13.4. The Hall–Kier alpha value is -3.24. The molecule has 1 aliphatic heterocycles. The summed E-state index contributed by atoms with van der Waals surface area (Å²) in [4.78, 5) is 2.48. The molecule has 0 bridgehead atoms. The van der Waals surface area contributed by atoms with Crippen molar-refractivity contribution >= 4 is 26.6 Å². The lowest BCUT2D eigenvalue weighted by Crippen LogP contribution is -2.55. The smallest absolute Gasteiger partial charge is 0.246 e. The summed E-state index contributed by atoms with van der Waals surface area (Å²) in [6, 6.07) is 12.2. The maximum absolute atomic E-state index is 13.4. The molecule has 5 rings (SSSR count). The first kappa shape index (κ1) is 23.5. The van der Waals surface area contributed by atoms with Gasteiger partial charge in [-0.05, 0) is 54.8 Å². The Labute approximate surface area is 204 Å². The van der Waals surface area contributed by atoms with Gasteiger partial charge in [-0.2, -0.15) is 14.5 Å². The van der Waals surface area contributed by atoms with E-state index in [0.717, 1.165) is 28.7 Å². The Morgan fingerprint density at radius 1 is 1.03 bits per heavy atom. The number of hydrogen-bond acceptors (Lipinski definition) is 5. The van der Waals surface area contributed by atoms with Crippen molar-refractivity contribution in [2.75, 3.05) is 24.5 Å². The Morgan fingerprint density at radius 2 is 1.77 bits per heavy atom. The van der Waals surface area contributed by atoms with Gasteiger partial charge in [0.15, 0.2) is 0 Å². The zero-order valence-electron chi connectivity index (χ0n) is 20.0. The zero-order valence-corrected chi connectivity index (χ0v) is 20.9. The fourth-order valence-corrected chi connectivity index (χ4v) is 6.40. The van der Waals surface area contributed by atoms with Gasteiger partial charge in [-0.1, -0.05) is 13.8 Å². The summed E-state index contributed by atoms with van der Waals surface area (Å²) in [5.41, 5.74) is 2.75. The molecule has 8 nitrogen and oxygen atoms in total. The molecule has 0 amide bonds. The minimum Gasteiger partial charge on any atom is -0.369 e. The van der Waals surface area contributed by atoms with Crippen molar-refractivity contribution in [3.05, 3.63) is 66.9 Å². The number of aryl methyl sites for hydroxylation is 1. The molecule has 1 saturated heterocycles. The van der Waals surface area contributed by atoms with E-state index in [0.29, 0.717) is 25.6 Å². The molecule has 35 heavy (non-hydrogen) atoms. The van der Waals surface area contributed by atoms with E-state index in [9.17, 15) is 12.8 Å². The molecule has 4 aromatic rings. The van der Waals surface area contributed by atoms with E-state index < -0.39 is 10.0 Å². The van der Waals surface area contributed by atoms with E-state index in [1.54, 1.807) is 40.6 Å². The van der Waals surface area contributed by atoms with Crippen LogP contribution in [-0.2, 0) is 17.1 Å². The normalized spacial score (nSPS) is 17.5. The van der Waals surface area contributed by atoms with E-state index >= 15 is 0 Å². The average Bonchev–Trinajstić information content (AvgIpc) is 3.45. The maximum Gasteiger partial charge on any atom is 0.246 e. The van der Waals surface area contributed by atoms with Gasteiger partial charge in [0.05, 0.1) is 23.6 Å². The SMILES string of the molecule is CC(C)C[C@@H]1CN(c2ccc3c(cnn3-c3ccc(F)cc3)c2)CCN1S(=O)(=O)c1cnn(C)c1. The van der Waals surface area contributed by atoms with Crippen LogP contribution in [0.4, 0.5) is 10.1 Å². The third-order valence-corrected chi connectivity index (χ3v) is 8.35. The van der Waals surface area contributed by atoms with Gasteiger partial charge < -0.3 is 4.90 Å². The number of aromatic nitrogens is 4. The van der Waals surface area contributed by atoms with Gasteiger partial charge in [-0.25, -0.2) is 17.5 Å². The molecule has 0 N–H and O–H groups in total. The summed E-state index contributed by atoms with van der Waals surface area (Å²) in [6.07, 6.45) is 5.54. The van der Waals surface area contributed by atoms with Crippen LogP contribution >= 0.6 is 0 Å². The first-order valence-corrected chi connectivity index (χ1v) is 13.2. The minimum atomic E-state index is -3.62. The highest BCUT2D eigenvalue weighted by Gasteiger charge is 2.37. The van der Waals surface area contributed by atoms with Crippen molar-refractivity contribution in [1.82, 2.24) is 23.9 Å². The number of nitrogens with zero attached hydrogens (tertiary/aromatic N) is 6. The molecule has 184 valence electrons. The van der Waals surface area contributed by atoms with Crippen LogP contribution < -0.4 is 4.90 Å². The fraction of sp³-hybridized carbons (Fsp3) is 0.360.